The Morgan fingerprint density at radius 2 is 2.32 bits per heavy atom. The van der Waals surface area contributed by atoms with Crippen molar-refractivity contribution in [3.63, 3.8) is 0 Å². The second-order valence-electron chi connectivity index (χ2n) is 5.25. The maximum atomic E-state index is 13.9. The van der Waals surface area contributed by atoms with E-state index in [0.717, 1.165) is 12.8 Å². The molecule has 2 bridgehead atoms. The van der Waals surface area contributed by atoms with Gasteiger partial charge in [0.2, 0.25) is 0 Å². The van der Waals surface area contributed by atoms with Gasteiger partial charge in [-0.1, -0.05) is 15.9 Å². The Hall–Kier alpha value is -0.960. The predicted octanol–water partition coefficient (Wildman–Crippen LogP) is 3.08. The van der Waals surface area contributed by atoms with Gasteiger partial charge in [0.15, 0.2) is 0 Å². The van der Waals surface area contributed by atoms with E-state index in [0.29, 0.717) is 10.9 Å². The maximum Gasteiger partial charge on any atom is 0.129 e. The van der Waals surface area contributed by atoms with E-state index in [2.05, 4.69) is 22.0 Å². The number of nitrogens with zero attached hydrogens (tertiary/aromatic N) is 1. The van der Waals surface area contributed by atoms with Gasteiger partial charge in [0, 0.05) is 10.0 Å². The molecule has 0 radical (unpaired) electrons. The van der Waals surface area contributed by atoms with Crippen molar-refractivity contribution in [1.82, 2.24) is 0 Å². The van der Waals surface area contributed by atoms with Crippen LogP contribution in [0, 0.1) is 22.6 Å². The first kappa shape index (κ1) is 13.0. The third-order valence-electron chi connectivity index (χ3n) is 4.20. The van der Waals surface area contributed by atoms with Crippen molar-refractivity contribution in [2.45, 2.75) is 37.6 Å². The number of hydrogen-bond donors (Lipinski definition) is 1. The van der Waals surface area contributed by atoms with Crippen LogP contribution < -0.4 is 0 Å². The highest BCUT2D eigenvalue weighted by molar-refractivity contribution is 9.10. The van der Waals surface area contributed by atoms with E-state index in [4.69, 9.17) is 4.74 Å². The molecule has 0 aromatic heterocycles. The molecule has 5 heteroatoms. The number of aliphatic hydroxyl groups is 1. The summed E-state index contributed by atoms with van der Waals surface area (Å²) in [6.45, 7) is 0. The molecule has 0 aliphatic carbocycles. The van der Waals surface area contributed by atoms with Crippen molar-refractivity contribution in [3.05, 3.63) is 34.1 Å². The molecular formula is C14H13BrFNO2. The SMILES string of the molecule is N#CC1(C(O)c2cc(Br)ccc2F)CC2CCC1O2. The summed E-state index contributed by atoms with van der Waals surface area (Å²) in [7, 11) is 0. The highest BCUT2D eigenvalue weighted by Crippen LogP contribution is 2.54. The van der Waals surface area contributed by atoms with Crippen molar-refractivity contribution >= 4 is 15.9 Å². The fraction of sp³-hybridized carbons (Fsp3) is 0.500. The van der Waals surface area contributed by atoms with Crippen LogP contribution in [0.25, 0.3) is 0 Å². The average Bonchev–Trinajstić information content (AvgIpc) is 3.01. The Kier molecular flexibility index (Phi) is 3.12. The minimum atomic E-state index is -1.16. The smallest absolute Gasteiger partial charge is 0.129 e. The number of ether oxygens (including phenoxy) is 1. The van der Waals surface area contributed by atoms with E-state index in [1.54, 1.807) is 6.07 Å². The van der Waals surface area contributed by atoms with Gasteiger partial charge in [-0.25, -0.2) is 4.39 Å². The molecule has 2 aliphatic heterocycles. The number of fused-ring (bicyclic) bond motifs is 2. The van der Waals surface area contributed by atoms with E-state index >= 15 is 0 Å². The number of hydrogen-bond acceptors (Lipinski definition) is 3. The molecule has 3 nitrogen and oxygen atoms in total. The summed E-state index contributed by atoms with van der Waals surface area (Å²) in [6.07, 6.45) is 0.712. The summed E-state index contributed by atoms with van der Waals surface area (Å²) in [5.74, 6) is -0.493. The highest BCUT2D eigenvalue weighted by Gasteiger charge is 2.57. The van der Waals surface area contributed by atoms with E-state index in [1.165, 1.54) is 12.1 Å². The third kappa shape index (κ3) is 1.90. The normalized spacial score (nSPS) is 34.2. The van der Waals surface area contributed by atoms with Gasteiger partial charge in [0.05, 0.1) is 18.3 Å². The van der Waals surface area contributed by atoms with Gasteiger partial charge >= 0.3 is 0 Å². The molecule has 2 heterocycles. The zero-order valence-electron chi connectivity index (χ0n) is 10.1. The van der Waals surface area contributed by atoms with E-state index in [9.17, 15) is 14.8 Å². The standard InChI is InChI=1S/C14H13BrFNO2/c15-8-1-3-11(16)10(5-8)13(18)14(7-17)6-9-2-4-12(14)19-9/h1,3,5,9,12-13,18H,2,4,6H2. The molecule has 0 saturated carbocycles. The molecule has 1 aromatic rings. The molecule has 0 spiro atoms. The molecule has 0 amide bonds. The first-order valence-electron chi connectivity index (χ1n) is 6.26. The summed E-state index contributed by atoms with van der Waals surface area (Å²) in [4.78, 5) is 0. The largest absolute Gasteiger partial charge is 0.387 e. The van der Waals surface area contributed by atoms with Gasteiger partial charge in [-0.15, -0.1) is 0 Å². The quantitative estimate of drug-likeness (QED) is 0.909. The summed E-state index contributed by atoms with van der Waals surface area (Å²) in [5, 5.41) is 20.0. The molecule has 3 rings (SSSR count). The average molecular weight is 326 g/mol. The van der Waals surface area contributed by atoms with Crippen molar-refractivity contribution < 1.29 is 14.2 Å². The Labute approximate surface area is 119 Å². The lowest BCUT2D eigenvalue weighted by Crippen LogP contribution is -2.37. The van der Waals surface area contributed by atoms with Gasteiger partial charge in [-0.05, 0) is 37.5 Å². The summed E-state index contributed by atoms with van der Waals surface area (Å²) in [5.41, 5.74) is -0.864. The van der Waals surface area contributed by atoms with Crippen LogP contribution in [0.5, 0.6) is 0 Å². The Morgan fingerprint density at radius 3 is 2.89 bits per heavy atom. The van der Waals surface area contributed by atoms with Crippen LogP contribution in [-0.2, 0) is 4.74 Å². The topological polar surface area (TPSA) is 53.2 Å². The van der Waals surface area contributed by atoms with Crippen LogP contribution in [0.3, 0.4) is 0 Å². The molecule has 2 fully saturated rings. The number of nitriles is 1. The minimum absolute atomic E-state index is 0.0227. The van der Waals surface area contributed by atoms with Gasteiger partial charge in [-0.3, -0.25) is 0 Å². The van der Waals surface area contributed by atoms with Gasteiger partial charge in [0.25, 0.3) is 0 Å². The zero-order valence-corrected chi connectivity index (χ0v) is 11.7. The van der Waals surface area contributed by atoms with E-state index in [-0.39, 0.29) is 17.8 Å². The molecule has 100 valence electrons. The lowest BCUT2D eigenvalue weighted by molar-refractivity contribution is 0.00169. The second kappa shape index (κ2) is 4.55. The molecule has 2 aliphatic rings. The summed E-state index contributed by atoms with van der Waals surface area (Å²) >= 11 is 3.26. The number of aliphatic hydroxyl groups excluding tert-OH is 1. The highest BCUT2D eigenvalue weighted by atomic mass is 79.9. The fourth-order valence-electron chi connectivity index (χ4n) is 3.21. The van der Waals surface area contributed by atoms with Crippen LogP contribution in [0.15, 0.2) is 22.7 Å². The van der Waals surface area contributed by atoms with Crippen molar-refractivity contribution in [2.75, 3.05) is 0 Å². The Bertz CT molecular complexity index is 559. The van der Waals surface area contributed by atoms with Crippen molar-refractivity contribution in [3.8, 4) is 6.07 Å². The number of rotatable bonds is 2. The fourth-order valence-corrected chi connectivity index (χ4v) is 3.59. The number of halogens is 2. The van der Waals surface area contributed by atoms with Gasteiger partial charge < -0.3 is 9.84 Å². The summed E-state index contributed by atoms with van der Waals surface area (Å²) in [6, 6.07) is 6.59. The van der Waals surface area contributed by atoms with E-state index < -0.39 is 17.3 Å². The van der Waals surface area contributed by atoms with Crippen LogP contribution in [0.1, 0.15) is 30.9 Å². The van der Waals surface area contributed by atoms with Gasteiger partial charge in [0.1, 0.15) is 17.3 Å². The lowest BCUT2D eigenvalue weighted by Gasteiger charge is -2.33. The second-order valence-corrected chi connectivity index (χ2v) is 6.16. The Morgan fingerprint density at radius 1 is 1.53 bits per heavy atom. The monoisotopic (exact) mass is 325 g/mol. The van der Waals surface area contributed by atoms with Crippen LogP contribution in [0.4, 0.5) is 4.39 Å². The molecule has 19 heavy (non-hydrogen) atoms. The first-order valence-corrected chi connectivity index (χ1v) is 7.06. The molecule has 2 saturated heterocycles. The summed E-state index contributed by atoms with van der Waals surface area (Å²) < 4.78 is 20.2. The predicted molar refractivity (Wildman–Crippen MR) is 69.6 cm³/mol. The van der Waals surface area contributed by atoms with Crippen LogP contribution in [0.2, 0.25) is 0 Å². The van der Waals surface area contributed by atoms with Crippen molar-refractivity contribution in [1.29, 1.82) is 5.26 Å². The molecule has 4 unspecified atom stereocenters. The third-order valence-corrected chi connectivity index (χ3v) is 4.69. The van der Waals surface area contributed by atoms with Crippen LogP contribution in [-0.4, -0.2) is 17.3 Å². The van der Waals surface area contributed by atoms with Crippen molar-refractivity contribution in [2.24, 2.45) is 5.41 Å². The lowest BCUT2D eigenvalue weighted by atomic mass is 9.69. The zero-order chi connectivity index (χ0) is 13.6. The Balaban J connectivity index is 2.01. The van der Waals surface area contributed by atoms with Gasteiger partial charge in [-0.2, -0.15) is 5.26 Å². The minimum Gasteiger partial charge on any atom is -0.387 e. The molecule has 1 N–H and O–H groups in total. The maximum absolute atomic E-state index is 13.9. The first-order chi connectivity index (χ1) is 9.06. The molecular weight excluding hydrogens is 313 g/mol. The van der Waals surface area contributed by atoms with Crippen LogP contribution >= 0.6 is 15.9 Å². The number of benzene rings is 1. The molecule has 4 atom stereocenters. The molecule has 1 aromatic carbocycles. The van der Waals surface area contributed by atoms with E-state index in [1.807, 2.05) is 0 Å².